The van der Waals surface area contributed by atoms with Gasteiger partial charge in [0.25, 0.3) is 0 Å². The Morgan fingerprint density at radius 3 is 2.55 bits per heavy atom. The first-order valence-corrected chi connectivity index (χ1v) is 3.87. The summed E-state index contributed by atoms with van der Waals surface area (Å²) in [5.74, 6) is 0. The number of ether oxygens (including phenoxy) is 2. The summed E-state index contributed by atoms with van der Waals surface area (Å²) in [5.41, 5.74) is 0. The maximum Gasteiger partial charge on any atom is 0.508 e. The van der Waals surface area contributed by atoms with Crippen LogP contribution in [0.1, 0.15) is 33.1 Å². The van der Waals surface area contributed by atoms with Crippen molar-refractivity contribution in [3.63, 3.8) is 0 Å². The second kappa shape index (κ2) is 6.01. The van der Waals surface area contributed by atoms with E-state index in [9.17, 15) is 4.79 Å². The Hall–Kier alpha value is -0.730. The lowest BCUT2D eigenvalue weighted by atomic mass is 10.2. The number of carbonyl (C=O) groups excluding carboxylic acids is 1. The Labute approximate surface area is 67.7 Å². The molecule has 0 aromatic rings. The molecule has 0 aromatic carbocycles. The van der Waals surface area contributed by atoms with Gasteiger partial charge in [-0.05, 0) is 12.8 Å². The van der Waals surface area contributed by atoms with Crippen LogP contribution in [0.4, 0.5) is 4.79 Å². The summed E-state index contributed by atoms with van der Waals surface area (Å²) < 4.78 is 8.98. The van der Waals surface area contributed by atoms with Gasteiger partial charge in [-0.1, -0.05) is 20.3 Å². The Morgan fingerprint density at radius 2 is 2.18 bits per heavy atom. The largest absolute Gasteiger partial charge is 0.508 e. The van der Waals surface area contributed by atoms with Crippen LogP contribution in [0.2, 0.25) is 0 Å². The quantitative estimate of drug-likeness (QED) is 0.591. The molecule has 1 radical (unpaired) electrons. The van der Waals surface area contributed by atoms with Gasteiger partial charge in [-0.3, -0.25) is 0 Å². The van der Waals surface area contributed by atoms with E-state index in [1.807, 2.05) is 13.8 Å². The van der Waals surface area contributed by atoms with E-state index in [0.717, 1.165) is 19.3 Å². The highest BCUT2D eigenvalue weighted by Gasteiger charge is 2.10. The molecule has 0 N–H and O–H groups in total. The Morgan fingerprint density at radius 1 is 1.55 bits per heavy atom. The zero-order chi connectivity index (χ0) is 8.69. The summed E-state index contributed by atoms with van der Waals surface area (Å²) in [6, 6.07) is 0. The van der Waals surface area contributed by atoms with Crippen molar-refractivity contribution in [1.82, 2.24) is 0 Å². The molecule has 0 aliphatic carbocycles. The van der Waals surface area contributed by atoms with Gasteiger partial charge in [0.2, 0.25) is 0 Å². The number of carbonyl (C=O) groups is 1. The minimum atomic E-state index is -0.690. The Bertz CT molecular complexity index is 112. The predicted octanol–water partition coefficient (Wildman–Crippen LogP) is 2.51. The molecular formula is C8H15O3. The number of hydrogen-bond acceptors (Lipinski definition) is 3. The summed E-state index contributed by atoms with van der Waals surface area (Å²) in [6.45, 7) is 4.01. The second-order valence-electron chi connectivity index (χ2n) is 2.33. The van der Waals surface area contributed by atoms with Gasteiger partial charge in [0.15, 0.2) is 0 Å². The molecule has 0 amide bonds. The van der Waals surface area contributed by atoms with Crippen LogP contribution in [-0.4, -0.2) is 12.3 Å². The monoisotopic (exact) mass is 159 g/mol. The van der Waals surface area contributed by atoms with Crippen LogP contribution in [0.3, 0.4) is 0 Å². The third-order valence-corrected chi connectivity index (χ3v) is 1.45. The van der Waals surface area contributed by atoms with Gasteiger partial charge in [-0.25, -0.2) is 4.79 Å². The molecule has 11 heavy (non-hydrogen) atoms. The molecule has 0 aliphatic rings. The molecule has 1 unspecified atom stereocenters. The van der Waals surface area contributed by atoms with Crippen molar-refractivity contribution >= 4 is 6.16 Å². The van der Waals surface area contributed by atoms with Crippen molar-refractivity contribution in [1.29, 1.82) is 0 Å². The highest BCUT2D eigenvalue weighted by molar-refractivity contribution is 5.60. The van der Waals surface area contributed by atoms with Crippen LogP contribution in [0.15, 0.2) is 0 Å². The summed E-state index contributed by atoms with van der Waals surface area (Å²) in [6.07, 6.45) is 2.00. The van der Waals surface area contributed by atoms with Crippen molar-refractivity contribution in [2.24, 2.45) is 0 Å². The average molecular weight is 159 g/mol. The molecule has 0 heterocycles. The summed E-state index contributed by atoms with van der Waals surface area (Å²) in [7, 11) is 2.96. The van der Waals surface area contributed by atoms with Crippen LogP contribution >= 0.6 is 0 Å². The van der Waals surface area contributed by atoms with Gasteiger partial charge in [0.05, 0.1) is 0 Å². The minimum absolute atomic E-state index is 0.0192. The van der Waals surface area contributed by atoms with E-state index in [2.05, 4.69) is 11.8 Å². The van der Waals surface area contributed by atoms with E-state index < -0.39 is 6.16 Å². The number of rotatable bonds is 4. The van der Waals surface area contributed by atoms with E-state index in [4.69, 9.17) is 4.74 Å². The summed E-state index contributed by atoms with van der Waals surface area (Å²) in [4.78, 5) is 10.5. The zero-order valence-corrected chi connectivity index (χ0v) is 7.13. The van der Waals surface area contributed by atoms with Crippen LogP contribution in [0.5, 0.6) is 0 Å². The molecule has 0 aliphatic heterocycles. The fourth-order valence-corrected chi connectivity index (χ4v) is 0.838. The Kier molecular flexibility index (Phi) is 5.61. The van der Waals surface area contributed by atoms with Crippen LogP contribution in [0.25, 0.3) is 0 Å². The van der Waals surface area contributed by atoms with E-state index in [1.54, 1.807) is 0 Å². The van der Waals surface area contributed by atoms with Crippen molar-refractivity contribution < 1.29 is 14.3 Å². The van der Waals surface area contributed by atoms with E-state index in [1.165, 1.54) is 0 Å². The van der Waals surface area contributed by atoms with Crippen LogP contribution < -0.4 is 0 Å². The summed E-state index contributed by atoms with van der Waals surface area (Å²) >= 11 is 0. The molecule has 0 fully saturated rings. The van der Waals surface area contributed by atoms with Gasteiger partial charge < -0.3 is 9.47 Å². The average Bonchev–Trinajstić information content (AvgIpc) is 2.03. The molecule has 0 saturated carbocycles. The van der Waals surface area contributed by atoms with Crippen molar-refractivity contribution in [3.05, 3.63) is 7.11 Å². The molecule has 0 bridgehead atoms. The van der Waals surface area contributed by atoms with Crippen LogP contribution in [-0.2, 0) is 9.47 Å². The molecule has 0 rings (SSSR count). The highest BCUT2D eigenvalue weighted by atomic mass is 16.7. The minimum Gasteiger partial charge on any atom is -0.431 e. The first-order valence-electron chi connectivity index (χ1n) is 3.87. The van der Waals surface area contributed by atoms with Gasteiger partial charge >= 0.3 is 6.16 Å². The van der Waals surface area contributed by atoms with Gasteiger partial charge in [0, 0.05) is 0 Å². The SMILES string of the molecule is [CH2]OC(=O)OC(CC)CCC. The van der Waals surface area contributed by atoms with E-state index >= 15 is 0 Å². The van der Waals surface area contributed by atoms with Crippen molar-refractivity contribution in [2.75, 3.05) is 0 Å². The van der Waals surface area contributed by atoms with Crippen molar-refractivity contribution in [2.45, 2.75) is 39.2 Å². The molecule has 3 heteroatoms. The lowest BCUT2D eigenvalue weighted by molar-refractivity contribution is 0.0400. The molecular weight excluding hydrogens is 144 g/mol. The summed E-state index contributed by atoms with van der Waals surface area (Å²) in [5, 5.41) is 0. The third kappa shape index (κ3) is 4.65. The lowest BCUT2D eigenvalue weighted by Crippen LogP contribution is -2.16. The maximum absolute atomic E-state index is 10.5. The fraction of sp³-hybridized carbons (Fsp3) is 0.750. The third-order valence-electron chi connectivity index (χ3n) is 1.45. The lowest BCUT2D eigenvalue weighted by Gasteiger charge is -2.13. The molecule has 0 saturated heterocycles. The molecule has 0 spiro atoms. The van der Waals surface area contributed by atoms with Crippen molar-refractivity contribution in [3.8, 4) is 0 Å². The van der Waals surface area contributed by atoms with E-state index in [-0.39, 0.29) is 6.10 Å². The standard InChI is InChI=1S/C8H15O3/c1-4-6-7(5-2)11-8(9)10-3/h7H,3-6H2,1-2H3. The second-order valence-corrected chi connectivity index (χ2v) is 2.33. The predicted molar refractivity (Wildman–Crippen MR) is 41.9 cm³/mol. The van der Waals surface area contributed by atoms with Gasteiger partial charge in [0.1, 0.15) is 13.2 Å². The fourth-order valence-electron chi connectivity index (χ4n) is 0.838. The Balaban J connectivity index is 3.58. The number of hydrogen-bond donors (Lipinski definition) is 0. The van der Waals surface area contributed by atoms with Crippen LogP contribution in [0, 0.1) is 7.11 Å². The molecule has 0 aromatic heterocycles. The maximum atomic E-state index is 10.5. The highest BCUT2D eigenvalue weighted by Crippen LogP contribution is 2.06. The normalized spacial score (nSPS) is 12.3. The molecule has 65 valence electrons. The smallest absolute Gasteiger partial charge is 0.431 e. The van der Waals surface area contributed by atoms with E-state index in [0.29, 0.717) is 0 Å². The zero-order valence-electron chi connectivity index (χ0n) is 7.13. The first-order chi connectivity index (χ1) is 5.24. The molecule has 3 nitrogen and oxygen atoms in total. The first kappa shape index (κ1) is 10.3. The van der Waals surface area contributed by atoms with Gasteiger partial charge in [-0.15, -0.1) is 0 Å². The van der Waals surface area contributed by atoms with Gasteiger partial charge in [-0.2, -0.15) is 0 Å². The topological polar surface area (TPSA) is 35.5 Å². The molecule has 1 atom stereocenters.